The first-order valence-electron chi connectivity index (χ1n) is 2.47. The van der Waals surface area contributed by atoms with E-state index in [0.29, 0.717) is 5.69 Å². The van der Waals surface area contributed by atoms with Crippen LogP contribution in [-0.2, 0) is 0 Å². The zero-order valence-electron chi connectivity index (χ0n) is 4.70. The average Bonchev–Trinajstić information content (AvgIpc) is 1.80. The molecule has 0 aliphatic carbocycles. The monoisotopic (exact) mass is 183 g/mol. The summed E-state index contributed by atoms with van der Waals surface area (Å²) in [5.74, 6) is 0.210. The molecule has 46 valence electrons. The number of nitrogen functional groups attached to an aromatic ring is 1. The van der Waals surface area contributed by atoms with E-state index >= 15 is 0 Å². The van der Waals surface area contributed by atoms with Gasteiger partial charge in [0.25, 0.3) is 0 Å². The van der Waals surface area contributed by atoms with E-state index in [0.717, 1.165) is 4.35 Å². The van der Waals surface area contributed by atoms with Crippen molar-refractivity contribution in [2.45, 2.75) is 0 Å². The Hall–Kier alpha value is -0.622. The van der Waals surface area contributed by atoms with Crippen LogP contribution in [0.4, 0.5) is 5.69 Å². The molecule has 3 heteroatoms. The maximum atomic E-state index is 8.85. The standard InChI is InChI=1S/C6H6AsNO/c7-5-2-1-4(9)3-6(5)8/h1-3,9H,8H2. The Morgan fingerprint density at radius 3 is 2.56 bits per heavy atom. The Labute approximate surface area is 62.2 Å². The van der Waals surface area contributed by atoms with Gasteiger partial charge < -0.3 is 0 Å². The van der Waals surface area contributed by atoms with Crippen molar-refractivity contribution in [2.75, 3.05) is 5.73 Å². The van der Waals surface area contributed by atoms with E-state index < -0.39 is 0 Å². The van der Waals surface area contributed by atoms with Crippen molar-refractivity contribution in [1.29, 1.82) is 0 Å². The summed E-state index contributed by atoms with van der Waals surface area (Å²) in [6.45, 7) is 0. The number of hydrogen-bond acceptors (Lipinski definition) is 2. The van der Waals surface area contributed by atoms with E-state index in [1.54, 1.807) is 12.1 Å². The number of phenolic OH excluding ortho intramolecular Hbond substituents is 1. The molecule has 2 radical (unpaired) electrons. The van der Waals surface area contributed by atoms with E-state index in [2.05, 4.69) is 16.9 Å². The van der Waals surface area contributed by atoms with E-state index in [9.17, 15) is 0 Å². The molecule has 0 saturated carbocycles. The molecule has 0 spiro atoms. The summed E-state index contributed by atoms with van der Waals surface area (Å²) in [5.41, 5.74) is 6.05. The van der Waals surface area contributed by atoms with Gasteiger partial charge in [0.15, 0.2) is 0 Å². The molecular weight excluding hydrogens is 177 g/mol. The number of rotatable bonds is 0. The summed E-state index contributed by atoms with van der Waals surface area (Å²) in [6.07, 6.45) is 0. The molecule has 0 heterocycles. The molecule has 1 aromatic rings. The molecule has 0 unspecified atom stereocenters. The minimum absolute atomic E-state index is 0.210. The fourth-order valence-corrected chi connectivity index (χ4v) is 0.834. The summed E-state index contributed by atoms with van der Waals surface area (Å²) in [5, 5.41) is 8.85. The maximum absolute atomic E-state index is 8.85. The third-order valence-electron chi connectivity index (χ3n) is 1.01. The molecule has 9 heavy (non-hydrogen) atoms. The minimum atomic E-state index is 0.210. The Bertz CT molecular complexity index is 224. The number of aromatic hydroxyl groups is 1. The van der Waals surface area contributed by atoms with Crippen LogP contribution in [0.5, 0.6) is 5.75 Å². The van der Waals surface area contributed by atoms with Gasteiger partial charge in [0.05, 0.1) is 0 Å². The van der Waals surface area contributed by atoms with Crippen LogP contribution in [0.2, 0.25) is 0 Å². The van der Waals surface area contributed by atoms with Crippen LogP contribution in [0.1, 0.15) is 0 Å². The molecule has 0 aliphatic heterocycles. The predicted octanol–water partition coefficient (Wildman–Crippen LogP) is -0.232. The van der Waals surface area contributed by atoms with Gasteiger partial charge in [0.2, 0.25) is 0 Å². The zero-order chi connectivity index (χ0) is 6.85. The van der Waals surface area contributed by atoms with Gasteiger partial charge in [-0.2, -0.15) is 0 Å². The summed E-state index contributed by atoms with van der Waals surface area (Å²) >= 11 is 2.33. The van der Waals surface area contributed by atoms with Gasteiger partial charge >= 0.3 is 61.7 Å². The van der Waals surface area contributed by atoms with E-state index in [4.69, 9.17) is 10.8 Å². The Morgan fingerprint density at radius 1 is 1.44 bits per heavy atom. The molecule has 0 fully saturated rings. The van der Waals surface area contributed by atoms with Crippen LogP contribution in [0.25, 0.3) is 0 Å². The third kappa shape index (κ3) is 1.39. The van der Waals surface area contributed by atoms with Crippen LogP contribution in [0.3, 0.4) is 0 Å². The van der Waals surface area contributed by atoms with E-state index in [1.807, 2.05) is 0 Å². The molecule has 0 atom stereocenters. The van der Waals surface area contributed by atoms with Crippen molar-refractivity contribution in [1.82, 2.24) is 0 Å². The summed E-state index contributed by atoms with van der Waals surface area (Å²) in [7, 11) is 0. The normalized spacial score (nSPS) is 9.44. The van der Waals surface area contributed by atoms with Crippen LogP contribution in [0.15, 0.2) is 18.2 Å². The van der Waals surface area contributed by atoms with Gasteiger partial charge in [0, 0.05) is 0 Å². The van der Waals surface area contributed by atoms with Crippen molar-refractivity contribution < 1.29 is 5.11 Å². The Balaban J connectivity index is 3.17. The SMILES string of the molecule is Nc1cc(O)ccc1[As]. The molecular formula is C6H6AsNO. The molecule has 1 rings (SSSR count). The van der Waals surface area contributed by atoms with Crippen molar-refractivity contribution in [3.05, 3.63) is 18.2 Å². The second kappa shape index (κ2) is 2.32. The van der Waals surface area contributed by atoms with Gasteiger partial charge in [-0.25, -0.2) is 0 Å². The Morgan fingerprint density at radius 2 is 2.11 bits per heavy atom. The first kappa shape index (κ1) is 6.50. The number of nitrogens with two attached hydrogens (primary N) is 1. The second-order valence-electron chi connectivity index (χ2n) is 1.74. The van der Waals surface area contributed by atoms with Crippen LogP contribution < -0.4 is 10.1 Å². The fraction of sp³-hybridized carbons (Fsp3) is 0. The third-order valence-corrected chi connectivity index (χ3v) is 1.87. The molecule has 0 aliphatic rings. The molecule has 0 aromatic heterocycles. The predicted molar refractivity (Wildman–Crippen MR) is 37.9 cm³/mol. The Kier molecular flexibility index (Phi) is 1.67. The molecule has 0 saturated heterocycles. The molecule has 3 N–H and O–H groups in total. The van der Waals surface area contributed by atoms with Gasteiger partial charge in [-0.05, 0) is 0 Å². The van der Waals surface area contributed by atoms with Crippen LogP contribution in [0, 0.1) is 0 Å². The second-order valence-corrected chi connectivity index (χ2v) is 2.75. The number of phenols is 1. The number of benzene rings is 1. The van der Waals surface area contributed by atoms with Gasteiger partial charge in [-0.1, -0.05) is 0 Å². The molecule has 0 amide bonds. The summed E-state index contributed by atoms with van der Waals surface area (Å²) in [6, 6.07) is 4.88. The topological polar surface area (TPSA) is 46.2 Å². The molecule has 0 bridgehead atoms. The first-order valence-corrected chi connectivity index (χ1v) is 3.41. The van der Waals surface area contributed by atoms with Crippen molar-refractivity contribution in [3.63, 3.8) is 0 Å². The number of anilines is 1. The zero-order valence-corrected chi connectivity index (χ0v) is 6.58. The van der Waals surface area contributed by atoms with E-state index in [1.165, 1.54) is 6.07 Å². The van der Waals surface area contributed by atoms with Gasteiger partial charge in [-0.15, -0.1) is 0 Å². The average molecular weight is 183 g/mol. The molecule has 2 nitrogen and oxygen atoms in total. The van der Waals surface area contributed by atoms with Crippen LogP contribution in [-0.4, -0.2) is 22.0 Å². The first-order chi connectivity index (χ1) is 4.20. The summed E-state index contributed by atoms with van der Waals surface area (Å²) < 4.78 is 0.931. The van der Waals surface area contributed by atoms with Gasteiger partial charge in [-0.3, -0.25) is 0 Å². The fourth-order valence-electron chi connectivity index (χ4n) is 0.542. The van der Waals surface area contributed by atoms with Crippen molar-refractivity contribution in [2.24, 2.45) is 0 Å². The quantitative estimate of drug-likeness (QED) is 0.431. The van der Waals surface area contributed by atoms with Gasteiger partial charge in [0.1, 0.15) is 0 Å². The van der Waals surface area contributed by atoms with E-state index in [-0.39, 0.29) is 5.75 Å². The van der Waals surface area contributed by atoms with Crippen molar-refractivity contribution in [3.8, 4) is 5.75 Å². The van der Waals surface area contributed by atoms with Crippen LogP contribution >= 0.6 is 0 Å². The summed E-state index contributed by atoms with van der Waals surface area (Å²) in [4.78, 5) is 0. The van der Waals surface area contributed by atoms with Crippen molar-refractivity contribution >= 4 is 26.9 Å². The molecule has 1 aromatic carbocycles. The number of hydrogen-bond donors (Lipinski definition) is 2.